The van der Waals surface area contributed by atoms with Gasteiger partial charge in [0, 0.05) is 18.5 Å². The minimum Gasteiger partial charge on any atom is -0.377 e. The van der Waals surface area contributed by atoms with Gasteiger partial charge in [-0.15, -0.1) is 0 Å². The van der Waals surface area contributed by atoms with Crippen LogP contribution in [0.15, 0.2) is 35.1 Å². The van der Waals surface area contributed by atoms with E-state index in [-0.39, 0.29) is 23.6 Å². The zero-order chi connectivity index (χ0) is 20.0. The number of amides is 1. The Morgan fingerprint density at radius 1 is 1.17 bits per heavy atom. The predicted molar refractivity (Wildman–Crippen MR) is 107 cm³/mol. The molecular weight excluding hydrogens is 370 g/mol. The SMILES string of the molecule is Cn1nc(C(=O)NC2COCC2n2nc3c(cc2=O)CCCC3)c2ccccc21. The minimum atomic E-state index is -0.338. The second-order valence-corrected chi connectivity index (χ2v) is 7.78. The molecule has 150 valence electrons. The van der Waals surface area contributed by atoms with E-state index in [0.29, 0.717) is 18.9 Å². The number of benzene rings is 1. The zero-order valence-electron chi connectivity index (χ0n) is 16.3. The summed E-state index contributed by atoms with van der Waals surface area (Å²) in [5.41, 5.74) is 3.17. The van der Waals surface area contributed by atoms with Crippen molar-refractivity contribution in [1.82, 2.24) is 24.9 Å². The number of carbonyl (C=O) groups excluding carboxylic acids is 1. The molecular formula is C21H23N5O3. The normalized spacial score (nSPS) is 21.3. The molecule has 1 amide bonds. The molecule has 2 unspecified atom stereocenters. The van der Waals surface area contributed by atoms with Gasteiger partial charge < -0.3 is 10.1 Å². The summed E-state index contributed by atoms with van der Waals surface area (Å²) in [4.78, 5) is 25.6. The largest absolute Gasteiger partial charge is 0.377 e. The Morgan fingerprint density at radius 2 is 2.00 bits per heavy atom. The lowest BCUT2D eigenvalue weighted by molar-refractivity contribution is 0.0920. The van der Waals surface area contributed by atoms with Crippen molar-refractivity contribution in [2.75, 3.05) is 13.2 Å². The lowest BCUT2D eigenvalue weighted by Crippen LogP contribution is -2.44. The maximum Gasteiger partial charge on any atom is 0.272 e. The van der Waals surface area contributed by atoms with Crippen molar-refractivity contribution in [2.45, 2.75) is 37.8 Å². The maximum absolute atomic E-state index is 13.0. The predicted octanol–water partition coefficient (Wildman–Crippen LogP) is 1.38. The Bertz CT molecular complexity index is 1150. The lowest BCUT2D eigenvalue weighted by atomic mass is 9.97. The van der Waals surface area contributed by atoms with Gasteiger partial charge in [-0.2, -0.15) is 10.2 Å². The van der Waals surface area contributed by atoms with E-state index in [1.54, 1.807) is 10.7 Å². The second kappa shape index (κ2) is 7.11. The number of aryl methyl sites for hydroxylation is 3. The number of hydrogen-bond donors (Lipinski definition) is 1. The third-order valence-corrected chi connectivity index (χ3v) is 5.89. The second-order valence-electron chi connectivity index (χ2n) is 7.78. The zero-order valence-corrected chi connectivity index (χ0v) is 16.3. The quantitative estimate of drug-likeness (QED) is 0.726. The minimum absolute atomic E-state index is 0.135. The van der Waals surface area contributed by atoms with Gasteiger partial charge >= 0.3 is 0 Å². The summed E-state index contributed by atoms with van der Waals surface area (Å²) in [6.07, 6.45) is 3.99. The molecule has 1 N–H and O–H groups in total. The fourth-order valence-corrected chi connectivity index (χ4v) is 4.35. The molecule has 3 aromatic rings. The molecule has 0 saturated carbocycles. The maximum atomic E-state index is 13.0. The Balaban J connectivity index is 1.43. The number of nitrogens with one attached hydrogen (secondary N) is 1. The number of ether oxygens (including phenoxy) is 1. The number of hydrogen-bond acceptors (Lipinski definition) is 5. The van der Waals surface area contributed by atoms with Crippen LogP contribution < -0.4 is 10.9 Å². The smallest absolute Gasteiger partial charge is 0.272 e. The van der Waals surface area contributed by atoms with Gasteiger partial charge in [-0.05, 0) is 37.3 Å². The van der Waals surface area contributed by atoms with Crippen LogP contribution in [0, 0.1) is 0 Å². The number of aromatic nitrogens is 4. The number of nitrogens with zero attached hydrogens (tertiary/aromatic N) is 4. The molecule has 0 spiro atoms. The van der Waals surface area contributed by atoms with E-state index < -0.39 is 0 Å². The highest BCUT2D eigenvalue weighted by atomic mass is 16.5. The molecule has 0 bridgehead atoms. The fraction of sp³-hybridized carbons (Fsp3) is 0.429. The summed E-state index contributed by atoms with van der Waals surface area (Å²) >= 11 is 0. The monoisotopic (exact) mass is 393 g/mol. The Hall–Kier alpha value is -3.00. The van der Waals surface area contributed by atoms with Gasteiger partial charge in [0.2, 0.25) is 0 Å². The van der Waals surface area contributed by atoms with Crippen molar-refractivity contribution in [3.63, 3.8) is 0 Å². The highest BCUT2D eigenvalue weighted by molar-refractivity contribution is 6.04. The lowest BCUT2D eigenvalue weighted by Gasteiger charge is -2.22. The van der Waals surface area contributed by atoms with Crippen molar-refractivity contribution in [3.05, 3.63) is 57.6 Å². The average Bonchev–Trinajstić information content (AvgIpc) is 3.32. The van der Waals surface area contributed by atoms with Crippen LogP contribution in [-0.2, 0) is 24.6 Å². The summed E-state index contributed by atoms with van der Waals surface area (Å²) in [6.45, 7) is 0.686. The van der Waals surface area contributed by atoms with E-state index in [1.807, 2.05) is 31.3 Å². The number of para-hydroxylation sites is 1. The Morgan fingerprint density at radius 3 is 2.90 bits per heavy atom. The van der Waals surface area contributed by atoms with Gasteiger partial charge in [0.25, 0.3) is 11.5 Å². The molecule has 2 aliphatic rings. The van der Waals surface area contributed by atoms with Gasteiger partial charge in [0.05, 0.1) is 30.5 Å². The first-order valence-corrected chi connectivity index (χ1v) is 10.0. The molecule has 1 aliphatic carbocycles. The summed E-state index contributed by atoms with van der Waals surface area (Å²) in [5, 5.41) is 12.8. The van der Waals surface area contributed by atoms with Gasteiger partial charge in [-0.3, -0.25) is 14.3 Å². The van der Waals surface area contributed by atoms with E-state index in [4.69, 9.17) is 4.74 Å². The van der Waals surface area contributed by atoms with Crippen molar-refractivity contribution >= 4 is 16.8 Å². The van der Waals surface area contributed by atoms with Crippen molar-refractivity contribution < 1.29 is 9.53 Å². The summed E-state index contributed by atoms with van der Waals surface area (Å²) in [5.74, 6) is -0.270. The average molecular weight is 393 g/mol. The van der Waals surface area contributed by atoms with Crippen LogP contribution in [-0.4, -0.2) is 44.7 Å². The Kier molecular flexibility index (Phi) is 4.43. The number of carbonyl (C=O) groups is 1. The van der Waals surface area contributed by atoms with Gasteiger partial charge in [0.1, 0.15) is 6.04 Å². The van der Waals surface area contributed by atoms with Gasteiger partial charge in [-0.1, -0.05) is 18.2 Å². The van der Waals surface area contributed by atoms with E-state index in [9.17, 15) is 9.59 Å². The van der Waals surface area contributed by atoms with E-state index >= 15 is 0 Å². The first-order chi connectivity index (χ1) is 14.1. The molecule has 1 saturated heterocycles. The Labute approximate surface area is 167 Å². The van der Waals surface area contributed by atoms with Crippen LogP contribution in [0.2, 0.25) is 0 Å². The van der Waals surface area contributed by atoms with Gasteiger partial charge in [-0.25, -0.2) is 4.68 Å². The molecule has 29 heavy (non-hydrogen) atoms. The topological polar surface area (TPSA) is 91.0 Å². The van der Waals surface area contributed by atoms with Crippen LogP contribution in [0.5, 0.6) is 0 Å². The fourth-order valence-electron chi connectivity index (χ4n) is 4.35. The molecule has 1 aliphatic heterocycles. The molecule has 5 rings (SSSR count). The molecule has 3 heterocycles. The van der Waals surface area contributed by atoms with Crippen LogP contribution in [0.3, 0.4) is 0 Å². The summed E-state index contributed by atoms with van der Waals surface area (Å²) in [7, 11) is 1.82. The molecule has 8 heteroatoms. The van der Waals surface area contributed by atoms with E-state index in [0.717, 1.165) is 47.8 Å². The number of fused-ring (bicyclic) bond motifs is 2. The summed E-state index contributed by atoms with van der Waals surface area (Å²) < 4.78 is 8.81. The first kappa shape index (κ1) is 18.1. The molecule has 1 fully saturated rings. The molecule has 2 atom stereocenters. The third kappa shape index (κ3) is 3.13. The van der Waals surface area contributed by atoms with Crippen LogP contribution in [0.1, 0.15) is 40.6 Å². The number of rotatable bonds is 3. The molecule has 0 radical (unpaired) electrons. The van der Waals surface area contributed by atoms with E-state index in [2.05, 4.69) is 15.5 Å². The molecule has 2 aromatic heterocycles. The standard InChI is InChI=1S/C21H23N5O3/c1-25-17-9-5-3-7-14(17)20(24-25)21(28)22-16-11-29-12-18(16)26-19(27)10-13-6-2-4-8-15(13)23-26/h3,5,7,9-10,16,18H,2,4,6,8,11-12H2,1H3,(H,22,28). The third-order valence-electron chi connectivity index (χ3n) is 5.89. The van der Waals surface area contributed by atoms with Crippen LogP contribution >= 0.6 is 0 Å². The van der Waals surface area contributed by atoms with E-state index in [1.165, 1.54) is 4.68 Å². The van der Waals surface area contributed by atoms with Gasteiger partial charge in [0.15, 0.2) is 5.69 Å². The molecule has 8 nitrogen and oxygen atoms in total. The van der Waals surface area contributed by atoms with Crippen LogP contribution in [0.25, 0.3) is 10.9 Å². The highest BCUT2D eigenvalue weighted by Crippen LogP contribution is 2.23. The van der Waals surface area contributed by atoms with Crippen LogP contribution in [0.4, 0.5) is 0 Å². The van der Waals surface area contributed by atoms with Crippen molar-refractivity contribution in [3.8, 4) is 0 Å². The summed E-state index contributed by atoms with van der Waals surface area (Å²) in [6, 6.07) is 8.65. The molecule has 1 aromatic carbocycles. The highest BCUT2D eigenvalue weighted by Gasteiger charge is 2.34. The van der Waals surface area contributed by atoms with Crippen molar-refractivity contribution in [1.29, 1.82) is 0 Å². The van der Waals surface area contributed by atoms with Crippen molar-refractivity contribution in [2.24, 2.45) is 7.05 Å². The first-order valence-electron chi connectivity index (χ1n) is 10.0.